The number of sulfonamides is 1. The number of nitrogen functional groups attached to an aromatic ring is 1. The van der Waals surface area contributed by atoms with Gasteiger partial charge in [0.25, 0.3) is 0 Å². The van der Waals surface area contributed by atoms with Crippen LogP contribution >= 0.6 is 0 Å². The molecule has 21 heavy (non-hydrogen) atoms. The summed E-state index contributed by atoms with van der Waals surface area (Å²) in [5, 5.41) is 0. The van der Waals surface area contributed by atoms with Gasteiger partial charge >= 0.3 is 5.97 Å². The maximum atomic E-state index is 13.7. The first-order chi connectivity index (χ1) is 9.77. The Labute approximate surface area is 120 Å². The van der Waals surface area contributed by atoms with E-state index in [2.05, 4.69) is 4.74 Å². The highest BCUT2D eigenvalue weighted by Gasteiger charge is 2.37. The van der Waals surface area contributed by atoms with Crippen LogP contribution in [-0.2, 0) is 19.6 Å². The second kappa shape index (κ2) is 5.57. The first-order valence-electron chi connectivity index (χ1n) is 6.10. The van der Waals surface area contributed by atoms with Gasteiger partial charge in [0.05, 0.1) is 18.7 Å². The van der Waals surface area contributed by atoms with E-state index in [1.165, 1.54) is 7.11 Å². The molecule has 0 amide bonds. The number of hydrogen-bond acceptors (Lipinski definition) is 5. The van der Waals surface area contributed by atoms with E-state index in [-0.39, 0.29) is 19.5 Å². The lowest BCUT2D eigenvalue weighted by atomic mass is 10.1. The highest BCUT2D eigenvalue weighted by molar-refractivity contribution is 7.89. The Bertz CT molecular complexity index is 678. The highest BCUT2D eigenvalue weighted by atomic mass is 32.2. The van der Waals surface area contributed by atoms with Crippen molar-refractivity contribution in [3.63, 3.8) is 0 Å². The van der Waals surface area contributed by atoms with Crippen molar-refractivity contribution in [2.45, 2.75) is 11.3 Å². The summed E-state index contributed by atoms with van der Waals surface area (Å²) in [6.07, 6.45) is 0.282. The Balaban J connectivity index is 2.32. The number of nitrogens with zero attached hydrogens (tertiary/aromatic N) is 1. The zero-order valence-electron chi connectivity index (χ0n) is 11.2. The highest BCUT2D eigenvalue weighted by Crippen LogP contribution is 2.28. The lowest BCUT2D eigenvalue weighted by molar-refractivity contribution is -0.144. The average molecular weight is 320 g/mol. The summed E-state index contributed by atoms with van der Waals surface area (Å²) >= 11 is 0. The third-order valence-corrected chi connectivity index (χ3v) is 5.23. The maximum Gasteiger partial charge on any atom is 0.310 e. The predicted molar refractivity (Wildman–Crippen MR) is 69.7 cm³/mol. The van der Waals surface area contributed by atoms with Gasteiger partial charge in [-0.05, 0) is 12.5 Å². The van der Waals surface area contributed by atoms with Gasteiger partial charge in [-0.25, -0.2) is 17.2 Å². The number of benzene rings is 1. The molecule has 0 spiro atoms. The second-order valence-corrected chi connectivity index (χ2v) is 6.58. The molecule has 1 aromatic carbocycles. The molecule has 2 N–H and O–H groups in total. The molecule has 1 atom stereocenters. The molecule has 1 fully saturated rings. The number of carbonyl (C=O) groups is 1. The van der Waals surface area contributed by atoms with E-state index in [0.717, 1.165) is 10.4 Å². The first-order valence-corrected chi connectivity index (χ1v) is 7.54. The minimum absolute atomic E-state index is 0.0544. The van der Waals surface area contributed by atoms with Gasteiger partial charge in [0.1, 0.15) is 16.5 Å². The van der Waals surface area contributed by atoms with Crippen LogP contribution in [0.2, 0.25) is 0 Å². The predicted octanol–water partition coefficient (Wildman–Crippen LogP) is 0.731. The molecule has 116 valence electrons. The fourth-order valence-electron chi connectivity index (χ4n) is 2.19. The molecule has 9 heteroatoms. The number of rotatable bonds is 3. The number of carbonyl (C=O) groups excluding carboxylic acids is 1. The fourth-order valence-corrected chi connectivity index (χ4v) is 3.77. The lowest BCUT2D eigenvalue weighted by Gasteiger charge is -2.17. The van der Waals surface area contributed by atoms with Crippen LogP contribution in [0.1, 0.15) is 6.42 Å². The van der Waals surface area contributed by atoms with E-state index in [1.54, 1.807) is 0 Å². The molecule has 1 aliphatic rings. The third-order valence-electron chi connectivity index (χ3n) is 3.35. The van der Waals surface area contributed by atoms with Crippen molar-refractivity contribution in [3.8, 4) is 0 Å². The van der Waals surface area contributed by atoms with Crippen molar-refractivity contribution in [1.82, 2.24) is 4.31 Å². The largest absolute Gasteiger partial charge is 0.469 e. The summed E-state index contributed by atoms with van der Waals surface area (Å²) in [7, 11) is -2.97. The molecule has 0 saturated carbocycles. The van der Waals surface area contributed by atoms with Gasteiger partial charge in [-0.2, -0.15) is 4.31 Å². The van der Waals surface area contributed by atoms with Crippen molar-refractivity contribution in [2.24, 2.45) is 5.92 Å². The Morgan fingerprint density at radius 1 is 1.38 bits per heavy atom. The molecule has 0 bridgehead atoms. The molecule has 1 unspecified atom stereocenters. The molecular formula is C12H14F2N2O4S. The van der Waals surface area contributed by atoms with Crippen molar-refractivity contribution >= 4 is 21.7 Å². The smallest absolute Gasteiger partial charge is 0.310 e. The van der Waals surface area contributed by atoms with Crippen LogP contribution in [0.5, 0.6) is 0 Å². The number of esters is 1. The van der Waals surface area contributed by atoms with Crippen molar-refractivity contribution in [3.05, 3.63) is 23.8 Å². The SMILES string of the molecule is COC(=O)C1CCN(S(=O)(=O)c2cc(N)c(F)cc2F)C1. The van der Waals surface area contributed by atoms with Gasteiger partial charge in [-0.15, -0.1) is 0 Å². The van der Waals surface area contributed by atoms with Gasteiger partial charge < -0.3 is 10.5 Å². The second-order valence-electron chi connectivity index (χ2n) is 4.68. The molecule has 0 aliphatic carbocycles. The summed E-state index contributed by atoms with van der Waals surface area (Å²) in [5.41, 5.74) is 4.82. The summed E-state index contributed by atoms with van der Waals surface area (Å²) in [6.45, 7) is -0.0510. The Morgan fingerprint density at radius 2 is 2.05 bits per heavy atom. The number of ether oxygens (including phenoxy) is 1. The monoisotopic (exact) mass is 320 g/mol. The van der Waals surface area contributed by atoms with Crippen LogP contribution in [0, 0.1) is 17.6 Å². The van der Waals surface area contributed by atoms with Crippen LogP contribution in [0.15, 0.2) is 17.0 Å². The Kier molecular flexibility index (Phi) is 4.15. The van der Waals surface area contributed by atoms with Gasteiger partial charge in [0.15, 0.2) is 0 Å². The number of halogens is 2. The first kappa shape index (κ1) is 15.6. The number of hydrogen-bond donors (Lipinski definition) is 1. The molecular weight excluding hydrogens is 306 g/mol. The molecule has 1 aromatic rings. The standard InChI is InChI=1S/C12H14F2N2O4S/c1-20-12(17)7-2-3-16(6-7)21(18,19)11-5-10(15)8(13)4-9(11)14/h4-5,7H,2-3,6,15H2,1H3. The molecule has 0 aromatic heterocycles. The molecule has 1 heterocycles. The van der Waals surface area contributed by atoms with E-state index in [4.69, 9.17) is 5.73 Å². The van der Waals surface area contributed by atoms with Gasteiger partial charge in [0, 0.05) is 19.2 Å². The van der Waals surface area contributed by atoms with Crippen molar-refractivity contribution in [1.29, 1.82) is 0 Å². The summed E-state index contributed by atoms with van der Waals surface area (Å²) in [4.78, 5) is 10.7. The minimum atomic E-state index is -4.18. The van der Waals surface area contributed by atoms with Crippen LogP contribution in [0.3, 0.4) is 0 Å². The van der Waals surface area contributed by atoms with Gasteiger partial charge in [-0.3, -0.25) is 4.79 Å². The van der Waals surface area contributed by atoms with Crippen LogP contribution in [0.4, 0.5) is 14.5 Å². The quantitative estimate of drug-likeness (QED) is 0.655. The number of anilines is 1. The molecule has 6 nitrogen and oxygen atoms in total. The van der Waals surface area contributed by atoms with Gasteiger partial charge in [0.2, 0.25) is 10.0 Å². The Morgan fingerprint density at radius 3 is 2.67 bits per heavy atom. The summed E-state index contributed by atoms with van der Waals surface area (Å²) < 4.78 is 57.0. The average Bonchev–Trinajstić information content (AvgIpc) is 2.92. The van der Waals surface area contributed by atoms with Crippen LogP contribution < -0.4 is 5.73 Å². The zero-order valence-corrected chi connectivity index (χ0v) is 12.0. The maximum absolute atomic E-state index is 13.7. The van der Waals surface area contributed by atoms with Crippen molar-refractivity contribution < 1.29 is 26.7 Å². The zero-order chi connectivity index (χ0) is 15.8. The normalized spacial score (nSPS) is 19.7. The minimum Gasteiger partial charge on any atom is -0.469 e. The molecule has 1 aliphatic heterocycles. The lowest BCUT2D eigenvalue weighted by Crippen LogP contribution is -2.31. The summed E-state index contributed by atoms with van der Waals surface area (Å²) in [6, 6.07) is 1.17. The number of methoxy groups -OCH3 is 1. The van der Waals surface area contributed by atoms with E-state index in [9.17, 15) is 22.0 Å². The number of nitrogens with two attached hydrogens (primary N) is 1. The van der Waals surface area contributed by atoms with E-state index >= 15 is 0 Å². The van der Waals surface area contributed by atoms with Gasteiger partial charge in [-0.1, -0.05) is 0 Å². The van der Waals surface area contributed by atoms with E-state index in [0.29, 0.717) is 6.07 Å². The van der Waals surface area contributed by atoms with Crippen LogP contribution in [0.25, 0.3) is 0 Å². The Hall–Kier alpha value is -1.74. The molecule has 2 rings (SSSR count). The molecule has 0 radical (unpaired) electrons. The fraction of sp³-hybridized carbons (Fsp3) is 0.417. The third kappa shape index (κ3) is 2.84. The molecule has 1 saturated heterocycles. The van der Waals surface area contributed by atoms with E-state index < -0.39 is 44.1 Å². The summed E-state index contributed by atoms with van der Waals surface area (Å²) in [5.74, 6) is -3.36. The van der Waals surface area contributed by atoms with Crippen molar-refractivity contribution in [2.75, 3.05) is 25.9 Å². The van der Waals surface area contributed by atoms with E-state index in [1.807, 2.05) is 0 Å². The van der Waals surface area contributed by atoms with Crippen LogP contribution in [-0.4, -0.2) is 38.9 Å². The topological polar surface area (TPSA) is 89.7 Å².